The molecular formula is C51H52ClN7O9. The largest absolute Gasteiger partial charge is 0.493 e. The van der Waals surface area contributed by atoms with E-state index in [1.807, 2.05) is 87.0 Å². The van der Waals surface area contributed by atoms with Gasteiger partial charge >= 0.3 is 5.97 Å². The topological polar surface area (TPSA) is 186 Å². The molecule has 9 rings (SSSR count). The number of carboxylic acids is 1. The molecule has 5 amide bonds. The molecule has 17 heteroatoms. The van der Waals surface area contributed by atoms with Gasteiger partial charge in [-0.2, -0.15) is 5.10 Å². The van der Waals surface area contributed by atoms with Crippen LogP contribution < -0.4 is 14.8 Å². The van der Waals surface area contributed by atoms with Crippen molar-refractivity contribution < 1.29 is 43.3 Å². The van der Waals surface area contributed by atoms with E-state index in [-0.39, 0.29) is 47.4 Å². The summed E-state index contributed by atoms with van der Waals surface area (Å²) in [7, 11) is 1.87. The molecule has 2 saturated heterocycles. The molecule has 2 unspecified atom stereocenters. The second-order valence-corrected chi connectivity index (χ2v) is 18.0. The number of rotatable bonds is 15. The van der Waals surface area contributed by atoms with Crippen molar-refractivity contribution in [2.75, 3.05) is 39.4 Å². The number of aromatic nitrogens is 3. The number of hydrogen-bond donors (Lipinski definition) is 2. The lowest BCUT2D eigenvalue weighted by molar-refractivity contribution is -0.138. The van der Waals surface area contributed by atoms with Gasteiger partial charge in [0, 0.05) is 79.8 Å². The SMILES string of the molecule is CCC1CN(CCn2c(C(=O)O)c(CCCOc3cccc4ccccc34)c3ccc(Cl)c(-c4c(C)nn(C)c4C)c32)CCN1C(=O)COc1cccc2c1C(=O)N(C1CCC(=O)NC1=O)C2=O. The van der Waals surface area contributed by atoms with E-state index in [4.69, 9.17) is 21.1 Å². The van der Waals surface area contributed by atoms with E-state index < -0.39 is 42.2 Å². The average Bonchev–Trinajstić information content (AvgIpc) is 3.89. The number of halogens is 1. The maximum absolute atomic E-state index is 13.9. The number of hydrogen-bond acceptors (Lipinski definition) is 10. The van der Waals surface area contributed by atoms with E-state index in [0.29, 0.717) is 69.2 Å². The van der Waals surface area contributed by atoms with Gasteiger partial charge in [0.05, 0.1) is 34.0 Å². The smallest absolute Gasteiger partial charge is 0.352 e. The van der Waals surface area contributed by atoms with Gasteiger partial charge in [-0.05, 0) is 74.7 Å². The zero-order valence-corrected chi connectivity index (χ0v) is 39.1. The molecule has 0 spiro atoms. The first kappa shape index (κ1) is 46.1. The first-order valence-corrected chi connectivity index (χ1v) is 23.3. The van der Waals surface area contributed by atoms with Crippen LogP contribution in [0.25, 0.3) is 32.8 Å². The number of ether oxygens (including phenoxy) is 2. The lowest BCUT2D eigenvalue weighted by Crippen LogP contribution is -2.56. The van der Waals surface area contributed by atoms with Crippen LogP contribution in [0, 0.1) is 13.8 Å². The second kappa shape index (κ2) is 18.9. The fraction of sp³-hybridized carbons (Fsp3) is 0.353. The predicted octanol–water partition coefficient (Wildman–Crippen LogP) is 6.58. The summed E-state index contributed by atoms with van der Waals surface area (Å²) < 4.78 is 16.0. The highest BCUT2D eigenvalue weighted by Gasteiger charge is 2.46. The molecule has 3 aliphatic rings. The van der Waals surface area contributed by atoms with Crippen molar-refractivity contribution in [3.8, 4) is 22.6 Å². The van der Waals surface area contributed by atoms with Crippen LogP contribution in [0.4, 0.5) is 0 Å². The fourth-order valence-electron chi connectivity index (χ4n) is 10.2. The standard InChI is InChI=1S/C51H52ClN7O9/c1-5-32-27-56(22-24-57(32)42(61)28-68-40-17-9-14-36-44(40)50(64)59(49(36)63)38-20-21-41(60)53-48(38)62)23-25-58-46-35(18-19-37(52)45(46)43-29(2)54-55(4)30(43)3)34(47(58)51(65)66)15-10-26-67-39-16-8-12-31-11-6-7-13-33(31)39/h6-9,11-14,16-19,32,38H,5,10,15,20-28H2,1-4H3,(H,65,66)(H,53,60,62). The van der Waals surface area contributed by atoms with Crippen molar-refractivity contribution in [1.82, 2.24) is 34.4 Å². The highest BCUT2D eigenvalue weighted by atomic mass is 35.5. The van der Waals surface area contributed by atoms with E-state index in [1.54, 1.807) is 15.6 Å². The maximum atomic E-state index is 13.9. The molecular weight excluding hydrogens is 890 g/mol. The Morgan fingerprint density at radius 3 is 2.38 bits per heavy atom. The molecule has 2 fully saturated rings. The van der Waals surface area contributed by atoms with Crippen LogP contribution in [0.5, 0.6) is 11.5 Å². The molecule has 2 aromatic heterocycles. The molecule has 0 saturated carbocycles. The van der Waals surface area contributed by atoms with Gasteiger partial charge in [-0.1, -0.05) is 67.1 Å². The molecule has 5 heterocycles. The van der Waals surface area contributed by atoms with E-state index in [9.17, 15) is 33.9 Å². The molecule has 0 bridgehead atoms. The Hall–Kier alpha value is -7.04. The van der Waals surface area contributed by atoms with Crippen LogP contribution in [0.3, 0.4) is 0 Å². The second-order valence-electron chi connectivity index (χ2n) is 17.6. The molecule has 2 atom stereocenters. The number of carboxylic acid groups (broad SMARTS) is 1. The number of amides is 5. The van der Waals surface area contributed by atoms with Gasteiger partial charge in [0.2, 0.25) is 11.8 Å². The number of benzene rings is 4. The quantitative estimate of drug-likeness (QED) is 0.0838. The zero-order valence-electron chi connectivity index (χ0n) is 38.3. The van der Waals surface area contributed by atoms with Crippen LogP contribution in [0.2, 0.25) is 5.02 Å². The summed E-state index contributed by atoms with van der Waals surface area (Å²) in [5.74, 6) is -3.09. The van der Waals surface area contributed by atoms with E-state index in [0.717, 1.165) is 54.8 Å². The number of carbonyl (C=O) groups is 6. The van der Waals surface area contributed by atoms with Gasteiger partial charge in [0.25, 0.3) is 17.7 Å². The van der Waals surface area contributed by atoms with Crippen LogP contribution in [-0.2, 0) is 34.4 Å². The number of nitrogens with zero attached hydrogens (tertiary/aromatic N) is 6. The van der Waals surface area contributed by atoms with Crippen molar-refractivity contribution in [3.05, 3.63) is 112 Å². The van der Waals surface area contributed by atoms with Crippen molar-refractivity contribution in [2.24, 2.45) is 7.05 Å². The van der Waals surface area contributed by atoms with Crippen LogP contribution >= 0.6 is 11.6 Å². The van der Waals surface area contributed by atoms with E-state index >= 15 is 0 Å². The maximum Gasteiger partial charge on any atom is 0.352 e. The normalized spacial score (nSPS) is 17.6. The minimum absolute atomic E-state index is 0.00706. The lowest BCUT2D eigenvalue weighted by atomic mass is 9.98. The minimum atomic E-state index is -1.13. The van der Waals surface area contributed by atoms with Crippen molar-refractivity contribution in [2.45, 2.75) is 71.5 Å². The predicted molar refractivity (Wildman–Crippen MR) is 254 cm³/mol. The van der Waals surface area contributed by atoms with Crippen molar-refractivity contribution in [1.29, 1.82) is 0 Å². The highest BCUT2D eigenvalue weighted by molar-refractivity contribution is 6.35. The van der Waals surface area contributed by atoms with Gasteiger partial charge in [-0.3, -0.25) is 43.8 Å². The Balaban J connectivity index is 0.927. The number of nitrogens with one attached hydrogen (secondary N) is 1. The Morgan fingerprint density at radius 1 is 0.868 bits per heavy atom. The molecule has 0 aliphatic carbocycles. The molecule has 6 aromatic rings. The molecule has 3 aliphatic heterocycles. The monoisotopic (exact) mass is 941 g/mol. The van der Waals surface area contributed by atoms with Gasteiger partial charge < -0.3 is 24.0 Å². The third kappa shape index (κ3) is 8.36. The summed E-state index contributed by atoms with van der Waals surface area (Å²) in [4.78, 5) is 83.6. The summed E-state index contributed by atoms with van der Waals surface area (Å²) >= 11 is 7.10. The Morgan fingerprint density at radius 2 is 1.63 bits per heavy atom. The lowest BCUT2D eigenvalue weighted by Gasteiger charge is -2.41. The molecule has 4 aromatic carbocycles. The van der Waals surface area contributed by atoms with E-state index in [1.165, 1.54) is 12.1 Å². The van der Waals surface area contributed by atoms with Gasteiger partial charge in [0.1, 0.15) is 23.2 Å². The third-order valence-electron chi connectivity index (χ3n) is 13.6. The number of fused-ring (bicyclic) bond motifs is 3. The van der Waals surface area contributed by atoms with Crippen LogP contribution in [-0.4, -0.2) is 121 Å². The summed E-state index contributed by atoms with van der Waals surface area (Å²) in [5, 5.41) is 21.3. The first-order chi connectivity index (χ1) is 32.8. The third-order valence-corrected chi connectivity index (χ3v) is 13.9. The molecule has 2 N–H and O–H groups in total. The van der Waals surface area contributed by atoms with Crippen LogP contribution in [0.15, 0.2) is 72.8 Å². The summed E-state index contributed by atoms with van der Waals surface area (Å²) in [6.07, 6.45) is 1.64. The number of piperidine rings is 1. The Kier molecular flexibility index (Phi) is 12.8. The number of aryl methyl sites for hydroxylation is 3. The summed E-state index contributed by atoms with van der Waals surface area (Å²) in [5.41, 5.74) is 4.91. The number of aromatic carboxylic acids is 1. The van der Waals surface area contributed by atoms with Gasteiger partial charge in [-0.15, -0.1) is 0 Å². The minimum Gasteiger partial charge on any atom is -0.493 e. The first-order valence-electron chi connectivity index (χ1n) is 22.9. The number of piperazine rings is 1. The van der Waals surface area contributed by atoms with Crippen LogP contribution in [0.1, 0.15) is 80.8 Å². The fourth-order valence-corrected chi connectivity index (χ4v) is 10.5. The average molecular weight is 942 g/mol. The molecule has 352 valence electrons. The van der Waals surface area contributed by atoms with Crippen molar-refractivity contribution in [3.63, 3.8) is 0 Å². The Bertz CT molecular complexity index is 3040. The summed E-state index contributed by atoms with van der Waals surface area (Å²) in [6.45, 7) is 8.09. The summed E-state index contributed by atoms with van der Waals surface area (Å²) in [6, 6.07) is 20.9. The zero-order chi connectivity index (χ0) is 48.0. The molecule has 68 heavy (non-hydrogen) atoms. The molecule has 16 nitrogen and oxygen atoms in total. The van der Waals surface area contributed by atoms with E-state index in [2.05, 4.69) is 15.3 Å². The van der Waals surface area contributed by atoms with Gasteiger partial charge in [0.15, 0.2) is 6.61 Å². The van der Waals surface area contributed by atoms with Gasteiger partial charge in [-0.25, -0.2) is 4.79 Å². The number of imide groups is 2. The number of carbonyl (C=O) groups excluding carboxylic acids is 5. The molecule has 0 radical (unpaired) electrons. The highest BCUT2D eigenvalue weighted by Crippen LogP contribution is 2.42. The Labute approximate surface area is 397 Å². The van der Waals surface area contributed by atoms with Crippen molar-refractivity contribution >= 4 is 68.8 Å².